The van der Waals surface area contributed by atoms with Gasteiger partial charge in [-0.05, 0) is 76.7 Å². The smallest absolute Gasteiger partial charge is 0.138 e. The maximum absolute atomic E-state index is 5.33. The highest BCUT2D eigenvalue weighted by atomic mass is 16.5. The van der Waals surface area contributed by atoms with Crippen molar-refractivity contribution in [1.82, 2.24) is 19.9 Å². The molecule has 0 bridgehead atoms. The first-order valence-corrected chi connectivity index (χ1v) is 9.90. The van der Waals surface area contributed by atoms with Crippen LogP contribution >= 0.6 is 0 Å². The normalized spacial score (nSPS) is 21.3. The van der Waals surface area contributed by atoms with Gasteiger partial charge in [-0.25, -0.2) is 0 Å². The maximum Gasteiger partial charge on any atom is 0.138 e. The fourth-order valence-electron chi connectivity index (χ4n) is 4.71. The number of aryl methyl sites for hydroxylation is 2. The molecule has 0 unspecified atom stereocenters. The van der Waals surface area contributed by atoms with Gasteiger partial charge >= 0.3 is 0 Å². The molecule has 4 rings (SSSR count). The second kappa shape index (κ2) is 7.49. The van der Waals surface area contributed by atoms with Gasteiger partial charge in [0.1, 0.15) is 5.76 Å². The van der Waals surface area contributed by atoms with E-state index in [1.54, 1.807) is 0 Å². The zero-order valence-corrected chi connectivity index (χ0v) is 16.1. The number of hydrogen-bond donors (Lipinski definition) is 0. The molecule has 0 N–H and O–H groups in total. The van der Waals surface area contributed by atoms with Crippen LogP contribution < -0.4 is 0 Å². The second-order valence-corrected chi connectivity index (χ2v) is 8.21. The lowest BCUT2D eigenvalue weighted by molar-refractivity contribution is 0.0180. The SMILES string of the molecule is Cc1noc(C)c1CN1CCC2(CCCN(Cc3ccccn3)C2)CC1. The minimum absolute atomic E-state index is 0.502. The van der Waals surface area contributed by atoms with E-state index in [0.29, 0.717) is 5.41 Å². The van der Waals surface area contributed by atoms with E-state index in [-0.39, 0.29) is 0 Å². The highest BCUT2D eigenvalue weighted by Crippen LogP contribution is 2.40. The van der Waals surface area contributed by atoms with Crippen LogP contribution in [-0.4, -0.2) is 46.1 Å². The average molecular weight is 354 g/mol. The lowest BCUT2D eigenvalue weighted by atomic mass is 9.72. The van der Waals surface area contributed by atoms with Gasteiger partial charge in [-0.1, -0.05) is 11.2 Å². The number of rotatable bonds is 4. The van der Waals surface area contributed by atoms with Crippen LogP contribution in [0, 0.1) is 19.3 Å². The maximum atomic E-state index is 5.33. The first kappa shape index (κ1) is 17.7. The molecule has 0 amide bonds. The van der Waals surface area contributed by atoms with Gasteiger partial charge in [0.05, 0.1) is 11.4 Å². The van der Waals surface area contributed by atoms with Gasteiger partial charge in [-0.15, -0.1) is 0 Å². The summed E-state index contributed by atoms with van der Waals surface area (Å²) in [6.45, 7) is 10.8. The summed E-state index contributed by atoms with van der Waals surface area (Å²) in [5, 5.41) is 4.10. The average Bonchev–Trinajstić information content (AvgIpc) is 2.97. The molecule has 0 aromatic carbocycles. The lowest BCUT2D eigenvalue weighted by Crippen LogP contribution is -2.49. The molecule has 2 aromatic heterocycles. The first-order valence-electron chi connectivity index (χ1n) is 9.90. The molecule has 2 saturated heterocycles. The van der Waals surface area contributed by atoms with Crippen LogP contribution in [0.25, 0.3) is 0 Å². The van der Waals surface area contributed by atoms with Crippen molar-refractivity contribution in [2.75, 3.05) is 26.2 Å². The molecule has 2 aliphatic rings. The molecular formula is C21H30N4O. The van der Waals surface area contributed by atoms with Crippen LogP contribution in [0.4, 0.5) is 0 Å². The summed E-state index contributed by atoms with van der Waals surface area (Å²) in [5.74, 6) is 0.974. The van der Waals surface area contributed by atoms with Crippen LogP contribution in [0.3, 0.4) is 0 Å². The molecule has 1 spiro atoms. The number of piperidine rings is 2. The van der Waals surface area contributed by atoms with Crippen molar-refractivity contribution in [2.24, 2.45) is 5.41 Å². The van der Waals surface area contributed by atoms with Crippen molar-refractivity contribution < 1.29 is 4.52 Å². The second-order valence-electron chi connectivity index (χ2n) is 8.21. The van der Waals surface area contributed by atoms with Gasteiger partial charge in [-0.2, -0.15) is 0 Å². The molecule has 0 radical (unpaired) electrons. The standard InChI is InChI=1S/C21H30N4O/c1-17-20(18(2)26-23-17)15-24-12-8-21(9-13-24)7-5-11-25(16-21)14-19-6-3-4-10-22-19/h3-4,6,10H,5,7-9,11-16H2,1-2H3. The molecule has 2 fully saturated rings. The summed E-state index contributed by atoms with van der Waals surface area (Å²) < 4.78 is 5.33. The van der Waals surface area contributed by atoms with Gasteiger partial charge in [0.15, 0.2) is 0 Å². The number of hydrogen-bond acceptors (Lipinski definition) is 5. The van der Waals surface area contributed by atoms with E-state index in [4.69, 9.17) is 4.52 Å². The van der Waals surface area contributed by atoms with Crippen molar-refractivity contribution in [3.05, 3.63) is 47.1 Å². The van der Waals surface area contributed by atoms with Crippen molar-refractivity contribution in [3.63, 3.8) is 0 Å². The van der Waals surface area contributed by atoms with Gasteiger partial charge in [0.25, 0.3) is 0 Å². The van der Waals surface area contributed by atoms with Gasteiger partial charge in [0.2, 0.25) is 0 Å². The van der Waals surface area contributed by atoms with Crippen LogP contribution in [-0.2, 0) is 13.1 Å². The Kier molecular flexibility index (Phi) is 5.09. The zero-order chi connectivity index (χ0) is 18.0. The Labute approximate surface area is 156 Å². The molecule has 0 saturated carbocycles. The predicted molar refractivity (Wildman–Crippen MR) is 102 cm³/mol. The molecule has 5 nitrogen and oxygen atoms in total. The van der Waals surface area contributed by atoms with E-state index >= 15 is 0 Å². The Morgan fingerprint density at radius 2 is 1.88 bits per heavy atom. The third kappa shape index (κ3) is 3.84. The summed E-state index contributed by atoms with van der Waals surface area (Å²) in [7, 11) is 0. The Morgan fingerprint density at radius 3 is 2.58 bits per heavy atom. The number of aromatic nitrogens is 2. The van der Waals surface area contributed by atoms with E-state index < -0.39 is 0 Å². The third-order valence-corrected chi connectivity index (χ3v) is 6.33. The third-order valence-electron chi connectivity index (χ3n) is 6.33. The van der Waals surface area contributed by atoms with Crippen LogP contribution in [0.1, 0.15) is 48.4 Å². The predicted octanol–water partition coefficient (Wildman–Crippen LogP) is 3.56. The molecule has 26 heavy (non-hydrogen) atoms. The molecule has 2 aliphatic heterocycles. The molecule has 0 aliphatic carbocycles. The molecule has 0 atom stereocenters. The topological polar surface area (TPSA) is 45.4 Å². The van der Waals surface area contributed by atoms with Gasteiger partial charge in [0, 0.05) is 31.4 Å². The summed E-state index contributed by atoms with van der Waals surface area (Å²) >= 11 is 0. The van der Waals surface area contributed by atoms with Gasteiger partial charge < -0.3 is 4.52 Å². The van der Waals surface area contributed by atoms with Crippen LogP contribution in [0.15, 0.2) is 28.9 Å². The fraction of sp³-hybridized carbons (Fsp3) is 0.619. The molecular weight excluding hydrogens is 324 g/mol. The van der Waals surface area contributed by atoms with Gasteiger partial charge in [-0.3, -0.25) is 14.8 Å². The monoisotopic (exact) mass is 354 g/mol. The minimum Gasteiger partial charge on any atom is -0.361 e. The highest BCUT2D eigenvalue weighted by Gasteiger charge is 2.38. The summed E-state index contributed by atoms with van der Waals surface area (Å²) in [5.41, 5.74) is 4.02. The van der Waals surface area contributed by atoms with E-state index in [2.05, 4.69) is 32.1 Å². The highest BCUT2D eigenvalue weighted by molar-refractivity contribution is 5.20. The number of likely N-dealkylation sites (tertiary alicyclic amines) is 2. The Bertz CT molecular complexity index is 699. The van der Waals surface area contributed by atoms with E-state index in [0.717, 1.165) is 24.5 Å². The van der Waals surface area contributed by atoms with Crippen molar-refractivity contribution in [2.45, 2.75) is 52.6 Å². The fourth-order valence-corrected chi connectivity index (χ4v) is 4.71. The summed E-state index contributed by atoms with van der Waals surface area (Å²) in [6.07, 6.45) is 7.20. The zero-order valence-electron chi connectivity index (χ0n) is 16.1. The molecule has 2 aromatic rings. The first-order chi connectivity index (χ1) is 12.6. The Balaban J connectivity index is 1.34. The molecule has 4 heterocycles. The summed E-state index contributed by atoms with van der Waals surface area (Å²) in [6, 6.07) is 6.23. The van der Waals surface area contributed by atoms with Crippen LogP contribution in [0.2, 0.25) is 0 Å². The minimum atomic E-state index is 0.502. The van der Waals surface area contributed by atoms with Crippen molar-refractivity contribution in [1.29, 1.82) is 0 Å². The Hall–Kier alpha value is -1.72. The lowest BCUT2D eigenvalue weighted by Gasteiger charge is -2.47. The molecule has 140 valence electrons. The number of nitrogens with zero attached hydrogens (tertiary/aromatic N) is 4. The summed E-state index contributed by atoms with van der Waals surface area (Å²) in [4.78, 5) is 9.71. The van der Waals surface area contributed by atoms with E-state index in [1.165, 1.54) is 63.1 Å². The Morgan fingerprint density at radius 1 is 1.04 bits per heavy atom. The van der Waals surface area contributed by atoms with E-state index in [1.807, 2.05) is 26.1 Å². The number of pyridine rings is 1. The van der Waals surface area contributed by atoms with Crippen molar-refractivity contribution in [3.8, 4) is 0 Å². The van der Waals surface area contributed by atoms with Crippen LogP contribution in [0.5, 0.6) is 0 Å². The quantitative estimate of drug-likeness (QED) is 0.840. The van der Waals surface area contributed by atoms with Crippen molar-refractivity contribution >= 4 is 0 Å². The largest absolute Gasteiger partial charge is 0.361 e. The van der Waals surface area contributed by atoms with E-state index in [9.17, 15) is 0 Å². The molecule has 5 heteroatoms.